The molecule has 8 nitrogen and oxygen atoms in total. The third kappa shape index (κ3) is 6.18. The van der Waals surface area contributed by atoms with Gasteiger partial charge in [-0.05, 0) is 45.0 Å². The Kier molecular flexibility index (Phi) is 6.87. The topological polar surface area (TPSA) is 96.0 Å². The molecule has 1 saturated heterocycles. The Labute approximate surface area is 168 Å². The lowest BCUT2D eigenvalue weighted by molar-refractivity contribution is -0.131. The van der Waals surface area contributed by atoms with Gasteiger partial charge in [0.25, 0.3) is 0 Å². The van der Waals surface area contributed by atoms with Gasteiger partial charge in [-0.1, -0.05) is 15.9 Å². The molecule has 0 atom stereocenters. The summed E-state index contributed by atoms with van der Waals surface area (Å²) < 4.78 is 32.6. The quantitative estimate of drug-likeness (QED) is 0.737. The molecule has 27 heavy (non-hydrogen) atoms. The molecule has 1 aliphatic rings. The second kappa shape index (κ2) is 8.57. The number of hydrogen-bond acceptors (Lipinski definition) is 5. The first kappa shape index (κ1) is 21.6. The van der Waals surface area contributed by atoms with Gasteiger partial charge < -0.3 is 15.0 Å². The van der Waals surface area contributed by atoms with Crippen molar-refractivity contribution in [3.63, 3.8) is 0 Å². The van der Waals surface area contributed by atoms with Crippen molar-refractivity contribution in [2.75, 3.05) is 32.7 Å². The molecule has 0 unspecified atom stereocenters. The number of nitrogens with one attached hydrogen (secondary N) is 1. The fraction of sp³-hybridized carbons (Fsp3) is 0.529. The summed E-state index contributed by atoms with van der Waals surface area (Å²) in [6, 6.07) is 6.44. The first-order valence-electron chi connectivity index (χ1n) is 8.49. The summed E-state index contributed by atoms with van der Waals surface area (Å²) in [5, 5.41) is 2.42. The highest BCUT2D eigenvalue weighted by Crippen LogP contribution is 2.20. The Morgan fingerprint density at radius 1 is 1.11 bits per heavy atom. The fourth-order valence-electron chi connectivity index (χ4n) is 2.51. The van der Waals surface area contributed by atoms with E-state index in [0.29, 0.717) is 0 Å². The van der Waals surface area contributed by atoms with Gasteiger partial charge >= 0.3 is 6.09 Å². The molecule has 0 spiro atoms. The second-order valence-electron chi connectivity index (χ2n) is 7.09. The third-order valence-corrected chi connectivity index (χ3v) is 6.27. The number of piperazine rings is 1. The largest absolute Gasteiger partial charge is 0.444 e. The Bertz CT molecular complexity index is 782. The van der Waals surface area contributed by atoms with Gasteiger partial charge in [0.2, 0.25) is 15.9 Å². The van der Waals surface area contributed by atoms with Crippen LogP contribution in [-0.2, 0) is 19.6 Å². The first-order chi connectivity index (χ1) is 12.5. The van der Waals surface area contributed by atoms with Gasteiger partial charge in [-0.15, -0.1) is 0 Å². The Morgan fingerprint density at radius 2 is 1.67 bits per heavy atom. The lowest BCUT2D eigenvalue weighted by Crippen LogP contribution is -2.52. The predicted molar refractivity (Wildman–Crippen MR) is 104 cm³/mol. The molecule has 0 saturated carbocycles. The van der Waals surface area contributed by atoms with Crippen molar-refractivity contribution in [3.05, 3.63) is 28.7 Å². The normalized spacial score (nSPS) is 16.1. The molecule has 1 N–H and O–H groups in total. The smallest absolute Gasteiger partial charge is 0.408 e. The van der Waals surface area contributed by atoms with Gasteiger partial charge in [0.15, 0.2) is 0 Å². The standard InChI is InChI=1S/C17H24BrN3O5S/c1-17(2,3)26-16(23)19-12-15(22)20-8-10-21(11-9-20)27(24,25)14-6-4-13(18)5-7-14/h4-7H,8-12H2,1-3H3,(H,19,23). The molecule has 1 fully saturated rings. The van der Waals surface area contributed by atoms with Gasteiger partial charge in [0.05, 0.1) is 4.90 Å². The number of carbonyl (C=O) groups is 2. The minimum Gasteiger partial charge on any atom is -0.444 e. The molecule has 150 valence electrons. The van der Waals surface area contributed by atoms with Crippen LogP contribution in [0.5, 0.6) is 0 Å². The number of rotatable bonds is 4. The van der Waals surface area contributed by atoms with Crippen molar-refractivity contribution < 1.29 is 22.7 Å². The maximum Gasteiger partial charge on any atom is 0.408 e. The molecule has 2 rings (SSSR count). The second-order valence-corrected chi connectivity index (χ2v) is 9.95. The SMILES string of the molecule is CC(C)(C)OC(=O)NCC(=O)N1CCN(S(=O)(=O)c2ccc(Br)cc2)CC1. The van der Waals surface area contributed by atoms with Crippen LogP contribution in [0.2, 0.25) is 0 Å². The number of ether oxygens (including phenoxy) is 1. The van der Waals surface area contributed by atoms with E-state index in [1.54, 1.807) is 45.0 Å². The predicted octanol–water partition coefficient (Wildman–Crippen LogP) is 1.81. The number of benzene rings is 1. The van der Waals surface area contributed by atoms with Gasteiger partial charge in [-0.25, -0.2) is 13.2 Å². The minimum atomic E-state index is -3.59. The van der Waals surface area contributed by atoms with E-state index in [2.05, 4.69) is 21.2 Å². The molecule has 0 radical (unpaired) electrons. The number of amides is 2. The van der Waals surface area contributed by atoms with Crippen LogP contribution in [0.25, 0.3) is 0 Å². The van der Waals surface area contributed by atoms with Crippen molar-refractivity contribution >= 4 is 38.0 Å². The minimum absolute atomic E-state index is 0.186. The summed E-state index contributed by atoms with van der Waals surface area (Å²) in [5.41, 5.74) is -0.639. The summed E-state index contributed by atoms with van der Waals surface area (Å²) in [6.07, 6.45) is -0.660. The maximum absolute atomic E-state index is 12.7. The van der Waals surface area contributed by atoms with Crippen LogP contribution in [0.4, 0.5) is 4.79 Å². The van der Waals surface area contributed by atoms with Crippen LogP contribution >= 0.6 is 15.9 Å². The van der Waals surface area contributed by atoms with E-state index >= 15 is 0 Å². The van der Waals surface area contributed by atoms with E-state index in [1.165, 1.54) is 9.21 Å². The summed E-state index contributed by atoms with van der Waals surface area (Å²) in [5.74, 6) is -0.276. The summed E-state index contributed by atoms with van der Waals surface area (Å²) >= 11 is 3.28. The highest BCUT2D eigenvalue weighted by atomic mass is 79.9. The molecule has 1 aliphatic heterocycles. The highest BCUT2D eigenvalue weighted by Gasteiger charge is 2.30. The molecule has 2 amide bonds. The molecule has 1 heterocycles. The van der Waals surface area contributed by atoms with E-state index in [9.17, 15) is 18.0 Å². The molecule has 10 heteroatoms. The average Bonchev–Trinajstić information content (AvgIpc) is 2.58. The number of sulfonamides is 1. The first-order valence-corrected chi connectivity index (χ1v) is 10.7. The molecular weight excluding hydrogens is 438 g/mol. The van der Waals surface area contributed by atoms with Crippen LogP contribution in [0.15, 0.2) is 33.6 Å². The number of carbonyl (C=O) groups excluding carboxylic acids is 2. The van der Waals surface area contributed by atoms with E-state index in [-0.39, 0.29) is 43.5 Å². The van der Waals surface area contributed by atoms with Crippen LogP contribution in [-0.4, -0.2) is 67.9 Å². The Hall–Kier alpha value is -1.65. The fourth-order valence-corrected chi connectivity index (χ4v) is 4.19. The highest BCUT2D eigenvalue weighted by molar-refractivity contribution is 9.10. The van der Waals surface area contributed by atoms with Crippen LogP contribution in [0, 0.1) is 0 Å². The van der Waals surface area contributed by atoms with Gasteiger partial charge in [0.1, 0.15) is 12.1 Å². The average molecular weight is 462 g/mol. The number of alkyl carbamates (subject to hydrolysis) is 1. The van der Waals surface area contributed by atoms with Crippen molar-refractivity contribution in [2.24, 2.45) is 0 Å². The summed E-state index contributed by atoms with van der Waals surface area (Å²) in [4.78, 5) is 25.6. The Balaban J connectivity index is 1.86. The van der Waals surface area contributed by atoms with Crippen LogP contribution < -0.4 is 5.32 Å². The number of hydrogen-bond donors (Lipinski definition) is 1. The van der Waals surface area contributed by atoms with E-state index in [1.807, 2.05) is 0 Å². The molecule has 1 aromatic carbocycles. The van der Waals surface area contributed by atoms with E-state index in [0.717, 1.165) is 4.47 Å². The zero-order valence-corrected chi connectivity index (χ0v) is 18.0. The van der Waals surface area contributed by atoms with Gasteiger partial charge in [-0.2, -0.15) is 4.31 Å². The molecule has 0 bridgehead atoms. The lowest BCUT2D eigenvalue weighted by Gasteiger charge is -2.34. The van der Waals surface area contributed by atoms with Crippen molar-refractivity contribution in [1.82, 2.24) is 14.5 Å². The third-order valence-electron chi connectivity index (χ3n) is 3.83. The van der Waals surface area contributed by atoms with Crippen molar-refractivity contribution in [3.8, 4) is 0 Å². The summed E-state index contributed by atoms with van der Waals surface area (Å²) in [6.45, 7) is 5.97. The summed E-state index contributed by atoms with van der Waals surface area (Å²) in [7, 11) is -3.59. The van der Waals surface area contributed by atoms with Crippen LogP contribution in [0.1, 0.15) is 20.8 Å². The molecule has 0 aliphatic carbocycles. The zero-order chi connectivity index (χ0) is 20.2. The van der Waals surface area contributed by atoms with Gasteiger partial charge in [-0.3, -0.25) is 4.79 Å². The van der Waals surface area contributed by atoms with E-state index < -0.39 is 21.7 Å². The maximum atomic E-state index is 12.7. The monoisotopic (exact) mass is 461 g/mol. The lowest BCUT2D eigenvalue weighted by atomic mass is 10.2. The number of nitrogens with zero attached hydrogens (tertiary/aromatic N) is 2. The molecule has 1 aromatic rings. The molecular formula is C17H24BrN3O5S. The van der Waals surface area contributed by atoms with E-state index in [4.69, 9.17) is 4.74 Å². The van der Waals surface area contributed by atoms with Gasteiger partial charge in [0, 0.05) is 30.7 Å². The van der Waals surface area contributed by atoms with Crippen LogP contribution in [0.3, 0.4) is 0 Å². The molecule has 0 aromatic heterocycles. The number of halogens is 1. The zero-order valence-electron chi connectivity index (χ0n) is 15.6. The van der Waals surface area contributed by atoms with Crippen molar-refractivity contribution in [1.29, 1.82) is 0 Å². The van der Waals surface area contributed by atoms with Crippen molar-refractivity contribution in [2.45, 2.75) is 31.3 Å². The Morgan fingerprint density at radius 3 is 2.19 bits per heavy atom.